The zero-order valence-electron chi connectivity index (χ0n) is 8.78. The Kier molecular flexibility index (Phi) is 2.12. The van der Waals surface area contributed by atoms with E-state index in [1.54, 1.807) is 0 Å². The van der Waals surface area contributed by atoms with Gasteiger partial charge in [-0.05, 0) is 37.6 Å². The third kappa shape index (κ3) is 1.23. The monoisotopic (exact) mass is 186 g/mol. The van der Waals surface area contributed by atoms with Crippen LogP contribution in [-0.4, -0.2) is 17.2 Å². The highest BCUT2D eigenvalue weighted by molar-refractivity contribution is 5.99. The van der Waals surface area contributed by atoms with Crippen LogP contribution in [0.5, 0.6) is 0 Å². The summed E-state index contributed by atoms with van der Waals surface area (Å²) in [5, 5.41) is 0. The molecule has 2 aromatic rings. The van der Waals surface area contributed by atoms with Gasteiger partial charge >= 0.3 is 0 Å². The molecule has 0 bridgehead atoms. The predicted molar refractivity (Wildman–Crippen MR) is 60.3 cm³/mol. The lowest BCUT2D eigenvalue weighted by Gasteiger charge is -2.08. The Balaban J connectivity index is 2.83. The molecule has 72 valence electrons. The van der Waals surface area contributed by atoms with Gasteiger partial charge in [-0.3, -0.25) is 4.99 Å². The van der Waals surface area contributed by atoms with E-state index in [2.05, 4.69) is 46.8 Å². The molecule has 0 saturated carbocycles. The van der Waals surface area contributed by atoms with Crippen LogP contribution >= 0.6 is 0 Å². The minimum Gasteiger partial charge on any atom is -0.315 e. The standard InChI is InChI=1S/C12H14N2/c1-9-6-7-11-5-4-8-14(11)12(9)10(2)13-3/h4-8H,1-3H3. The normalized spacial score (nSPS) is 12.4. The Morgan fingerprint density at radius 2 is 2.07 bits per heavy atom. The molecule has 14 heavy (non-hydrogen) atoms. The van der Waals surface area contributed by atoms with Crippen LogP contribution in [0.2, 0.25) is 0 Å². The Labute approximate surface area is 83.9 Å². The second kappa shape index (κ2) is 3.29. The van der Waals surface area contributed by atoms with Gasteiger partial charge in [0.25, 0.3) is 0 Å². The van der Waals surface area contributed by atoms with Gasteiger partial charge in [-0.2, -0.15) is 0 Å². The van der Waals surface area contributed by atoms with Crippen LogP contribution in [-0.2, 0) is 0 Å². The largest absolute Gasteiger partial charge is 0.315 e. The third-order valence-electron chi connectivity index (χ3n) is 2.58. The molecular formula is C12H14N2. The zero-order chi connectivity index (χ0) is 10.1. The first-order chi connectivity index (χ1) is 6.74. The summed E-state index contributed by atoms with van der Waals surface area (Å²) in [7, 11) is 1.83. The molecule has 0 aromatic carbocycles. The van der Waals surface area contributed by atoms with Crippen molar-refractivity contribution in [3.8, 4) is 0 Å². The van der Waals surface area contributed by atoms with E-state index in [4.69, 9.17) is 0 Å². The number of rotatable bonds is 1. The Bertz CT molecular complexity index is 492. The molecule has 2 nitrogen and oxygen atoms in total. The van der Waals surface area contributed by atoms with Crippen molar-refractivity contribution in [2.45, 2.75) is 13.8 Å². The predicted octanol–water partition coefficient (Wildman–Crippen LogP) is 2.69. The van der Waals surface area contributed by atoms with Crippen LogP contribution in [0, 0.1) is 6.92 Å². The Morgan fingerprint density at radius 1 is 1.29 bits per heavy atom. The van der Waals surface area contributed by atoms with E-state index in [1.165, 1.54) is 16.8 Å². The van der Waals surface area contributed by atoms with Crippen LogP contribution in [0.15, 0.2) is 35.5 Å². The molecule has 0 unspecified atom stereocenters. The van der Waals surface area contributed by atoms with Gasteiger partial charge in [0.2, 0.25) is 0 Å². The van der Waals surface area contributed by atoms with E-state index >= 15 is 0 Å². The van der Waals surface area contributed by atoms with Crippen molar-refractivity contribution in [3.63, 3.8) is 0 Å². The molecule has 0 amide bonds. The Morgan fingerprint density at radius 3 is 2.79 bits per heavy atom. The molecule has 2 rings (SSSR count). The molecule has 0 aliphatic carbocycles. The maximum absolute atomic E-state index is 4.25. The van der Waals surface area contributed by atoms with Crippen LogP contribution < -0.4 is 0 Å². The number of aliphatic imine (C=N–C) groups is 1. The summed E-state index contributed by atoms with van der Waals surface area (Å²) >= 11 is 0. The summed E-state index contributed by atoms with van der Waals surface area (Å²) in [4.78, 5) is 4.25. The van der Waals surface area contributed by atoms with Crippen molar-refractivity contribution in [2.24, 2.45) is 4.99 Å². The van der Waals surface area contributed by atoms with E-state index in [0.29, 0.717) is 0 Å². The molecule has 0 radical (unpaired) electrons. The van der Waals surface area contributed by atoms with E-state index in [-0.39, 0.29) is 0 Å². The fourth-order valence-corrected chi connectivity index (χ4v) is 1.78. The molecule has 2 heterocycles. The summed E-state index contributed by atoms with van der Waals surface area (Å²) < 4.78 is 2.18. The van der Waals surface area contributed by atoms with E-state index in [1.807, 2.05) is 14.0 Å². The highest BCUT2D eigenvalue weighted by atomic mass is 14.9. The molecule has 2 heteroatoms. The molecule has 0 saturated heterocycles. The molecule has 0 atom stereocenters. The zero-order valence-corrected chi connectivity index (χ0v) is 8.78. The summed E-state index contributed by atoms with van der Waals surface area (Å²) in [5.41, 5.74) is 4.75. The van der Waals surface area contributed by atoms with Crippen molar-refractivity contribution in [2.75, 3.05) is 7.05 Å². The lowest BCUT2D eigenvalue weighted by atomic mass is 10.1. The smallest absolute Gasteiger partial charge is 0.0692 e. The summed E-state index contributed by atoms with van der Waals surface area (Å²) in [5.74, 6) is 0. The third-order valence-corrected chi connectivity index (χ3v) is 2.58. The number of pyridine rings is 1. The molecule has 0 aliphatic heterocycles. The number of hydrogen-bond acceptors (Lipinski definition) is 1. The minimum atomic E-state index is 1.07. The second-order valence-corrected chi connectivity index (χ2v) is 3.48. The first-order valence-electron chi connectivity index (χ1n) is 4.74. The maximum atomic E-state index is 4.25. The molecule has 0 fully saturated rings. The van der Waals surface area contributed by atoms with Crippen molar-refractivity contribution >= 4 is 11.2 Å². The molecular weight excluding hydrogens is 172 g/mol. The number of hydrogen-bond donors (Lipinski definition) is 0. The molecule has 2 aromatic heterocycles. The van der Waals surface area contributed by atoms with E-state index < -0.39 is 0 Å². The average Bonchev–Trinajstić information content (AvgIpc) is 2.64. The molecule has 0 N–H and O–H groups in total. The van der Waals surface area contributed by atoms with Gasteiger partial charge in [-0.1, -0.05) is 6.07 Å². The minimum absolute atomic E-state index is 1.07. The van der Waals surface area contributed by atoms with Gasteiger partial charge in [0, 0.05) is 18.8 Å². The van der Waals surface area contributed by atoms with Crippen molar-refractivity contribution in [1.82, 2.24) is 4.40 Å². The van der Waals surface area contributed by atoms with Crippen molar-refractivity contribution < 1.29 is 0 Å². The fraction of sp³-hybridized carbons (Fsp3) is 0.250. The van der Waals surface area contributed by atoms with Crippen LogP contribution in [0.1, 0.15) is 18.2 Å². The number of fused-ring (bicyclic) bond motifs is 1. The fourth-order valence-electron chi connectivity index (χ4n) is 1.78. The lowest BCUT2D eigenvalue weighted by Crippen LogP contribution is -2.05. The SMILES string of the molecule is CN=C(C)c1c(C)ccc2cccn12. The lowest BCUT2D eigenvalue weighted by molar-refractivity contribution is 1.13. The summed E-state index contributed by atoms with van der Waals surface area (Å²) in [6, 6.07) is 8.42. The highest BCUT2D eigenvalue weighted by Crippen LogP contribution is 2.14. The van der Waals surface area contributed by atoms with E-state index in [9.17, 15) is 0 Å². The maximum Gasteiger partial charge on any atom is 0.0692 e. The highest BCUT2D eigenvalue weighted by Gasteiger charge is 2.05. The van der Waals surface area contributed by atoms with Gasteiger partial charge in [-0.25, -0.2) is 0 Å². The number of aryl methyl sites for hydroxylation is 1. The molecule has 0 aliphatic rings. The number of nitrogens with zero attached hydrogens (tertiary/aromatic N) is 2. The Hall–Kier alpha value is -1.57. The van der Waals surface area contributed by atoms with E-state index in [0.717, 1.165) is 5.71 Å². The topological polar surface area (TPSA) is 16.8 Å². The van der Waals surface area contributed by atoms with Crippen molar-refractivity contribution in [3.05, 3.63) is 41.7 Å². The van der Waals surface area contributed by atoms with Gasteiger partial charge < -0.3 is 4.40 Å². The first-order valence-corrected chi connectivity index (χ1v) is 4.74. The van der Waals surface area contributed by atoms with Crippen LogP contribution in [0.4, 0.5) is 0 Å². The van der Waals surface area contributed by atoms with Crippen LogP contribution in [0.3, 0.4) is 0 Å². The molecule has 0 spiro atoms. The van der Waals surface area contributed by atoms with Gasteiger partial charge in [0.1, 0.15) is 0 Å². The number of aromatic nitrogens is 1. The quantitative estimate of drug-likeness (QED) is 0.609. The van der Waals surface area contributed by atoms with Gasteiger partial charge in [-0.15, -0.1) is 0 Å². The summed E-state index contributed by atoms with van der Waals surface area (Å²) in [6.07, 6.45) is 2.08. The summed E-state index contributed by atoms with van der Waals surface area (Å²) in [6.45, 7) is 4.16. The van der Waals surface area contributed by atoms with Gasteiger partial charge in [0.15, 0.2) is 0 Å². The van der Waals surface area contributed by atoms with Gasteiger partial charge in [0.05, 0.1) is 11.4 Å². The van der Waals surface area contributed by atoms with Crippen molar-refractivity contribution in [1.29, 1.82) is 0 Å². The average molecular weight is 186 g/mol. The first kappa shape index (κ1) is 9.00. The van der Waals surface area contributed by atoms with Crippen LogP contribution in [0.25, 0.3) is 5.52 Å². The second-order valence-electron chi connectivity index (χ2n) is 3.48.